The van der Waals surface area contributed by atoms with Gasteiger partial charge in [-0.25, -0.2) is 0 Å². The summed E-state index contributed by atoms with van der Waals surface area (Å²) >= 11 is 0. The summed E-state index contributed by atoms with van der Waals surface area (Å²) in [5.74, 6) is -0.801. The monoisotopic (exact) mass is 405 g/mol. The molecule has 1 fully saturated rings. The van der Waals surface area contributed by atoms with Crippen LogP contribution in [-0.4, -0.2) is 72.9 Å². The van der Waals surface area contributed by atoms with Crippen molar-refractivity contribution in [3.8, 4) is 5.75 Å². The number of benzene rings is 1. The first kappa shape index (κ1) is 22.2. The van der Waals surface area contributed by atoms with Gasteiger partial charge in [-0.3, -0.25) is 19.2 Å². The third-order valence-corrected chi connectivity index (χ3v) is 4.66. The quantitative estimate of drug-likeness (QED) is 0.680. The number of ether oxygens (including phenoxy) is 2. The second kappa shape index (κ2) is 10.4. The number of nitrogens with one attached hydrogen (secondary N) is 1. The summed E-state index contributed by atoms with van der Waals surface area (Å²) < 4.78 is 10.3. The summed E-state index contributed by atoms with van der Waals surface area (Å²) in [6.45, 7) is 4.85. The molecule has 1 saturated heterocycles. The van der Waals surface area contributed by atoms with Crippen molar-refractivity contribution in [3.63, 3.8) is 0 Å². The van der Waals surface area contributed by atoms with Crippen LogP contribution in [0.1, 0.15) is 26.7 Å². The average molecular weight is 405 g/mol. The summed E-state index contributed by atoms with van der Waals surface area (Å²) in [5.41, 5.74) is 0.475. The van der Waals surface area contributed by atoms with E-state index in [2.05, 4.69) is 5.32 Å². The molecule has 1 aromatic carbocycles. The number of hydrogen-bond acceptors (Lipinski definition) is 6. The maximum atomic E-state index is 12.2. The Hall–Kier alpha value is -3.10. The van der Waals surface area contributed by atoms with E-state index in [1.54, 1.807) is 34.1 Å². The third-order valence-electron chi connectivity index (χ3n) is 4.66. The van der Waals surface area contributed by atoms with Gasteiger partial charge in [0.15, 0.2) is 6.10 Å². The number of piperazine rings is 1. The zero-order valence-electron chi connectivity index (χ0n) is 17.0. The standard InChI is InChI=1S/C20H27N3O6/c1-14(20(27)21-16-6-4-5-7-17(16)28-3)29-19(26)9-8-18(25)23-12-10-22(11-13-23)15(2)24/h4-7,14H,8-13H2,1-3H3,(H,21,27)/t14-/m0/s1. The molecule has 3 amide bonds. The molecule has 1 aliphatic heterocycles. The number of rotatable bonds is 7. The Balaban J connectivity index is 1.74. The highest BCUT2D eigenvalue weighted by molar-refractivity contribution is 5.96. The van der Waals surface area contributed by atoms with Crippen molar-refractivity contribution < 1.29 is 28.7 Å². The lowest BCUT2D eigenvalue weighted by atomic mass is 10.2. The molecule has 158 valence electrons. The van der Waals surface area contributed by atoms with Gasteiger partial charge in [0.25, 0.3) is 5.91 Å². The van der Waals surface area contributed by atoms with Crippen molar-refractivity contribution in [2.45, 2.75) is 32.8 Å². The summed E-state index contributed by atoms with van der Waals surface area (Å²) in [6, 6.07) is 6.90. The van der Waals surface area contributed by atoms with Crippen molar-refractivity contribution in [3.05, 3.63) is 24.3 Å². The van der Waals surface area contributed by atoms with Crippen molar-refractivity contribution in [1.82, 2.24) is 9.80 Å². The lowest BCUT2D eigenvalue weighted by Crippen LogP contribution is -2.50. The summed E-state index contributed by atoms with van der Waals surface area (Å²) in [7, 11) is 1.49. The van der Waals surface area contributed by atoms with Crippen LogP contribution in [0.4, 0.5) is 5.69 Å². The first-order valence-electron chi connectivity index (χ1n) is 9.48. The van der Waals surface area contributed by atoms with Crippen molar-refractivity contribution >= 4 is 29.4 Å². The predicted molar refractivity (Wildman–Crippen MR) is 105 cm³/mol. The molecular formula is C20H27N3O6. The van der Waals surface area contributed by atoms with Gasteiger partial charge in [0, 0.05) is 39.5 Å². The molecule has 1 N–H and O–H groups in total. The van der Waals surface area contributed by atoms with Crippen LogP contribution in [0.25, 0.3) is 0 Å². The number of hydrogen-bond donors (Lipinski definition) is 1. The molecule has 9 heteroatoms. The van der Waals surface area contributed by atoms with Gasteiger partial charge in [0.2, 0.25) is 11.8 Å². The van der Waals surface area contributed by atoms with Crippen molar-refractivity contribution in [2.75, 3.05) is 38.6 Å². The fourth-order valence-electron chi connectivity index (χ4n) is 2.93. The minimum absolute atomic E-state index is 0.000246. The zero-order chi connectivity index (χ0) is 21.4. The molecule has 29 heavy (non-hydrogen) atoms. The first-order chi connectivity index (χ1) is 13.8. The topological polar surface area (TPSA) is 105 Å². The number of methoxy groups -OCH3 is 1. The SMILES string of the molecule is COc1ccccc1NC(=O)[C@H](C)OC(=O)CCC(=O)N1CCN(C(C)=O)CC1. The molecule has 1 heterocycles. The molecule has 2 rings (SSSR count). The minimum atomic E-state index is -1.01. The van der Waals surface area contributed by atoms with Gasteiger partial charge in [0.05, 0.1) is 19.2 Å². The van der Waals surface area contributed by atoms with Crippen molar-refractivity contribution in [2.24, 2.45) is 0 Å². The lowest BCUT2D eigenvalue weighted by molar-refractivity contribution is -0.154. The van der Waals surface area contributed by atoms with E-state index in [1.165, 1.54) is 21.0 Å². The molecule has 1 aliphatic rings. The Kier molecular flexibility index (Phi) is 7.99. The van der Waals surface area contributed by atoms with Crippen LogP contribution < -0.4 is 10.1 Å². The number of esters is 1. The van der Waals surface area contributed by atoms with E-state index in [4.69, 9.17) is 9.47 Å². The minimum Gasteiger partial charge on any atom is -0.495 e. The summed E-state index contributed by atoms with van der Waals surface area (Å²) in [5, 5.41) is 2.65. The fraction of sp³-hybridized carbons (Fsp3) is 0.500. The van der Waals surface area contributed by atoms with Crippen LogP contribution in [0.2, 0.25) is 0 Å². The highest BCUT2D eigenvalue weighted by Gasteiger charge is 2.24. The van der Waals surface area contributed by atoms with Gasteiger partial charge in [-0.1, -0.05) is 12.1 Å². The van der Waals surface area contributed by atoms with Gasteiger partial charge in [-0.05, 0) is 19.1 Å². The van der Waals surface area contributed by atoms with Gasteiger partial charge in [0.1, 0.15) is 5.75 Å². The Labute approximate surface area is 169 Å². The number of carbonyl (C=O) groups excluding carboxylic acids is 4. The highest BCUT2D eigenvalue weighted by Crippen LogP contribution is 2.23. The van der Waals surface area contributed by atoms with Gasteiger partial charge in [-0.15, -0.1) is 0 Å². The normalized spacial score (nSPS) is 14.7. The van der Waals surface area contributed by atoms with E-state index in [-0.39, 0.29) is 24.7 Å². The number of anilines is 1. The molecule has 0 aromatic heterocycles. The predicted octanol–water partition coefficient (Wildman–Crippen LogP) is 1.04. The van der Waals surface area contributed by atoms with E-state index in [1.807, 2.05) is 0 Å². The van der Waals surface area contributed by atoms with E-state index in [0.717, 1.165) is 0 Å². The maximum Gasteiger partial charge on any atom is 0.307 e. The molecular weight excluding hydrogens is 378 g/mol. The van der Waals surface area contributed by atoms with Gasteiger partial charge in [-0.2, -0.15) is 0 Å². The molecule has 0 unspecified atom stereocenters. The first-order valence-corrected chi connectivity index (χ1v) is 9.48. The maximum absolute atomic E-state index is 12.2. The summed E-state index contributed by atoms with van der Waals surface area (Å²) in [4.78, 5) is 51.1. The highest BCUT2D eigenvalue weighted by atomic mass is 16.5. The largest absolute Gasteiger partial charge is 0.495 e. The number of nitrogens with zero attached hydrogens (tertiary/aromatic N) is 2. The Morgan fingerprint density at radius 1 is 1.03 bits per heavy atom. The smallest absolute Gasteiger partial charge is 0.307 e. The van der Waals surface area contributed by atoms with Crippen LogP contribution in [0, 0.1) is 0 Å². The average Bonchev–Trinajstić information content (AvgIpc) is 2.72. The lowest BCUT2D eigenvalue weighted by Gasteiger charge is -2.34. The molecule has 0 bridgehead atoms. The molecule has 9 nitrogen and oxygen atoms in total. The number of para-hydroxylation sites is 2. The fourth-order valence-corrected chi connectivity index (χ4v) is 2.93. The molecule has 0 saturated carbocycles. The van der Waals surface area contributed by atoms with Crippen LogP contribution in [0.15, 0.2) is 24.3 Å². The number of carbonyl (C=O) groups is 4. The Morgan fingerprint density at radius 2 is 1.66 bits per heavy atom. The third kappa shape index (κ3) is 6.48. The van der Waals surface area contributed by atoms with Gasteiger partial charge >= 0.3 is 5.97 Å². The molecule has 1 atom stereocenters. The second-order valence-corrected chi connectivity index (χ2v) is 6.71. The zero-order valence-corrected chi connectivity index (χ0v) is 17.0. The summed E-state index contributed by atoms with van der Waals surface area (Å²) in [6.07, 6.45) is -1.13. The van der Waals surface area contributed by atoms with Crippen LogP contribution in [0.3, 0.4) is 0 Å². The second-order valence-electron chi connectivity index (χ2n) is 6.71. The molecule has 0 spiro atoms. The van der Waals surface area contributed by atoms with E-state index in [0.29, 0.717) is 37.6 Å². The van der Waals surface area contributed by atoms with E-state index >= 15 is 0 Å². The number of amides is 3. The van der Waals surface area contributed by atoms with Crippen LogP contribution in [-0.2, 0) is 23.9 Å². The molecule has 0 radical (unpaired) electrons. The van der Waals surface area contributed by atoms with E-state index in [9.17, 15) is 19.2 Å². The molecule has 1 aromatic rings. The van der Waals surface area contributed by atoms with Crippen molar-refractivity contribution in [1.29, 1.82) is 0 Å². The van der Waals surface area contributed by atoms with Crippen LogP contribution >= 0.6 is 0 Å². The Morgan fingerprint density at radius 3 is 2.28 bits per heavy atom. The van der Waals surface area contributed by atoms with Crippen LogP contribution in [0.5, 0.6) is 5.75 Å². The van der Waals surface area contributed by atoms with Gasteiger partial charge < -0.3 is 24.6 Å². The molecule has 0 aliphatic carbocycles. The van der Waals surface area contributed by atoms with E-state index < -0.39 is 18.0 Å². The Bertz CT molecular complexity index is 758.